The Hall–Kier alpha value is 0.460. The van der Waals surface area contributed by atoms with Crippen molar-refractivity contribution < 1.29 is 18.0 Å². The summed E-state index contributed by atoms with van der Waals surface area (Å²) in [4.78, 5) is 8.58. The second-order valence-electron chi connectivity index (χ2n) is 0.600. The number of halogens is 3. The van der Waals surface area contributed by atoms with Gasteiger partial charge in [-0.05, 0) is 0 Å². The van der Waals surface area contributed by atoms with Gasteiger partial charge in [0.15, 0.2) is 0 Å². The van der Waals surface area contributed by atoms with E-state index in [0.717, 1.165) is 0 Å². The first-order chi connectivity index (χ1) is 2.56. The first-order valence-corrected chi connectivity index (χ1v) is 1.02. The van der Waals surface area contributed by atoms with Crippen LogP contribution in [0.25, 0.3) is 0 Å². The molecule has 0 unspecified atom stereocenters. The summed E-state index contributed by atoms with van der Waals surface area (Å²) < 4.78 is 31.1. The SMILES string of the molecule is O=[C]C(F)(F)F.[NaH]. The van der Waals surface area contributed by atoms with Gasteiger partial charge in [0.2, 0.25) is 0 Å². The van der Waals surface area contributed by atoms with E-state index < -0.39 is 6.18 Å². The molecular weight excluding hydrogens is 120 g/mol. The van der Waals surface area contributed by atoms with Gasteiger partial charge < -0.3 is 0 Å². The van der Waals surface area contributed by atoms with E-state index in [9.17, 15) is 13.2 Å². The molecule has 5 heteroatoms. The van der Waals surface area contributed by atoms with Crippen molar-refractivity contribution in [2.75, 3.05) is 0 Å². The molecular formula is C2HF3NaO. The van der Waals surface area contributed by atoms with Crippen LogP contribution in [0, 0.1) is 0 Å². The quantitative estimate of drug-likeness (QED) is 0.412. The third-order valence-electron chi connectivity index (χ3n) is 0.116. The van der Waals surface area contributed by atoms with E-state index in [1.165, 1.54) is 0 Å². The topological polar surface area (TPSA) is 17.1 Å². The van der Waals surface area contributed by atoms with Crippen LogP contribution >= 0.6 is 0 Å². The summed E-state index contributed by atoms with van der Waals surface area (Å²) in [5.74, 6) is 0. The van der Waals surface area contributed by atoms with Crippen LogP contribution in [0.15, 0.2) is 0 Å². The van der Waals surface area contributed by atoms with E-state index in [-0.39, 0.29) is 35.8 Å². The van der Waals surface area contributed by atoms with Gasteiger partial charge in [-0.2, -0.15) is 13.2 Å². The Labute approximate surface area is 60.2 Å². The minimum absolute atomic E-state index is 0. The number of alkyl halides is 3. The molecule has 0 rings (SSSR count). The molecule has 7 heavy (non-hydrogen) atoms. The molecule has 37 valence electrons. The fourth-order valence-electron chi connectivity index (χ4n) is 0. The summed E-state index contributed by atoms with van der Waals surface area (Å²) >= 11 is 0. The van der Waals surface area contributed by atoms with Crippen molar-refractivity contribution in [3.05, 3.63) is 0 Å². The number of hydrogen-bond acceptors (Lipinski definition) is 1. The first-order valence-electron chi connectivity index (χ1n) is 1.02. The molecule has 1 radical (unpaired) electrons. The molecule has 0 saturated carbocycles. The van der Waals surface area contributed by atoms with Crippen molar-refractivity contribution in [1.29, 1.82) is 0 Å². The second kappa shape index (κ2) is 3.46. The Balaban J connectivity index is 0. The average molecular weight is 121 g/mol. The van der Waals surface area contributed by atoms with Gasteiger partial charge in [-0.3, -0.25) is 4.79 Å². The summed E-state index contributed by atoms with van der Waals surface area (Å²) in [7, 11) is 0. The zero-order chi connectivity index (χ0) is 5.21. The van der Waals surface area contributed by atoms with Crippen molar-refractivity contribution in [3.8, 4) is 0 Å². The van der Waals surface area contributed by atoms with Crippen molar-refractivity contribution in [2.24, 2.45) is 0 Å². The van der Waals surface area contributed by atoms with Gasteiger partial charge in [0, 0.05) is 0 Å². The molecule has 0 saturated heterocycles. The Morgan fingerprint density at radius 3 is 1.43 bits per heavy atom. The van der Waals surface area contributed by atoms with E-state index in [1.807, 2.05) is 0 Å². The van der Waals surface area contributed by atoms with Crippen molar-refractivity contribution >= 4 is 35.8 Å². The molecule has 0 fully saturated rings. The van der Waals surface area contributed by atoms with Crippen LogP contribution in [0.1, 0.15) is 0 Å². The van der Waals surface area contributed by atoms with Gasteiger partial charge >= 0.3 is 42.0 Å². The van der Waals surface area contributed by atoms with Crippen LogP contribution < -0.4 is 0 Å². The Morgan fingerprint density at radius 1 is 1.29 bits per heavy atom. The predicted octanol–water partition coefficient (Wildman–Crippen LogP) is 0.00990. The van der Waals surface area contributed by atoms with Gasteiger partial charge in [-0.1, -0.05) is 0 Å². The van der Waals surface area contributed by atoms with E-state index in [2.05, 4.69) is 0 Å². The van der Waals surface area contributed by atoms with E-state index >= 15 is 0 Å². The van der Waals surface area contributed by atoms with Gasteiger partial charge in [-0.25, -0.2) is 0 Å². The van der Waals surface area contributed by atoms with E-state index in [0.29, 0.717) is 0 Å². The Kier molecular flexibility index (Phi) is 5.16. The third-order valence-corrected chi connectivity index (χ3v) is 0.116. The average Bonchev–Trinajstić information content (AvgIpc) is 1.35. The molecule has 0 aromatic carbocycles. The summed E-state index contributed by atoms with van der Waals surface area (Å²) in [5.41, 5.74) is 0. The van der Waals surface area contributed by atoms with Crippen molar-refractivity contribution in [3.63, 3.8) is 0 Å². The Morgan fingerprint density at radius 2 is 1.43 bits per heavy atom. The molecule has 0 amide bonds. The molecule has 0 heterocycles. The number of hydrogen-bond donors (Lipinski definition) is 0. The second-order valence-corrected chi connectivity index (χ2v) is 0.600. The van der Waals surface area contributed by atoms with Crippen LogP contribution in [0.5, 0.6) is 0 Å². The molecule has 0 aliphatic carbocycles. The molecule has 0 N–H and O–H groups in total. The molecule has 0 atom stereocenters. The number of carbonyl (C=O) groups excluding carboxylic acids is 1. The number of rotatable bonds is 0. The summed E-state index contributed by atoms with van der Waals surface area (Å²) in [5, 5.41) is 0. The zero-order valence-corrected chi connectivity index (χ0v) is 2.54. The summed E-state index contributed by atoms with van der Waals surface area (Å²) in [6.07, 6.45) is -4.91. The maximum absolute atomic E-state index is 10.4. The maximum atomic E-state index is 10.4. The van der Waals surface area contributed by atoms with Gasteiger partial charge in [0.1, 0.15) is 0 Å². The first kappa shape index (κ1) is 10.4. The Bertz CT molecular complexity index is 58.4. The van der Waals surface area contributed by atoms with Crippen LogP contribution in [0.3, 0.4) is 0 Å². The minimum atomic E-state index is -4.76. The molecule has 0 bridgehead atoms. The van der Waals surface area contributed by atoms with Crippen LogP contribution in [0.4, 0.5) is 13.2 Å². The fraction of sp³-hybridized carbons (Fsp3) is 0.500. The monoisotopic (exact) mass is 121 g/mol. The standard InChI is InChI=1S/C2F3O.Na.H/c3-2(4,5)1-6;;. The third kappa shape index (κ3) is 10.7. The van der Waals surface area contributed by atoms with Gasteiger partial charge in [-0.15, -0.1) is 0 Å². The van der Waals surface area contributed by atoms with Crippen LogP contribution in [0.2, 0.25) is 0 Å². The van der Waals surface area contributed by atoms with Gasteiger partial charge in [0.25, 0.3) is 0 Å². The van der Waals surface area contributed by atoms with Crippen molar-refractivity contribution in [1.82, 2.24) is 0 Å². The predicted molar refractivity (Wildman–Crippen MR) is 18.9 cm³/mol. The van der Waals surface area contributed by atoms with Crippen molar-refractivity contribution in [2.45, 2.75) is 6.18 Å². The zero-order valence-electron chi connectivity index (χ0n) is 2.54. The normalized spacial score (nSPS) is 9.57. The summed E-state index contributed by atoms with van der Waals surface area (Å²) in [6, 6.07) is 0. The molecule has 0 spiro atoms. The molecule has 1 nitrogen and oxygen atoms in total. The van der Waals surface area contributed by atoms with E-state index in [1.54, 1.807) is 0 Å². The molecule has 0 aliphatic heterocycles. The van der Waals surface area contributed by atoms with Crippen LogP contribution in [-0.4, -0.2) is 42.0 Å². The van der Waals surface area contributed by atoms with E-state index in [4.69, 9.17) is 4.79 Å². The molecule has 0 aromatic rings. The van der Waals surface area contributed by atoms with Gasteiger partial charge in [0.05, 0.1) is 0 Å². The fourth-order valence-corrected chi connectivity index (χ4v) is 0. The molecule has 0 aromatic heterocycles. The molecule has 0 aliphatic rings. The van der Waals surface area contributed by atoms with Crippen LogP contribution in [-0.2, 0) is 4.79 Å². The summed E-state index contributed by atoms with van der Waals surface area (Å²) in [6.45, 7) is 0.